The van der Waals surface area contributed by atoms with Gasteiger partial charge in [0.15, 0.2) is 0 Å². The fourth-order valence-electron chi connectivity index (χ4n) is 8.57. The van der Waals surface area contributed by atoms with E-state index in [1.54, 1.807) is 0 Å². The van der Waals surface area contributed by atoms with Gasteiger partial charge in [0.05, 0.1) is 5.54 Å². The summed E-state index contributed by atoms with van der Waals surface area (Å²) in [5.74, 6) is 1.11. The fraction of sp³-hybridized carbons (Fsp3) is 0.650. The second-order valence-corrected chi connectivity index (χ2v) is 9.09. The molecule has 4 bridgehead atoms. The standard InChI is InChI=1S/C20H22N2O/c23-16-13-10-18-6-3-9-22-11-14(16)20(17(18)22)12-4-1-2-5-15(12)21-19(13,20)8-7-18/h1-2,4-5,13-14,17,21H,3,6-11H2. The van der Waals surface area contributed by atoms with Crippen LogP contribution in [0.3, 0.4) is 0 Å². The average Bonchev–Trinajstić information content (AvgIpc) is 3.13. The first-order valence-electron chi connectivity index (χ1n) is 9.38. The molecule has 6 atom stereocenters. The summed E-state index contributed by atoms with van der Waals surface area (Å²) in [6, 6.07) is 9.55. The Morgan fingerprint density at radius 1 is 1.13 bits per heavy atom. The Morgan fingerprint density at radius 3 is 3.00 bits per heavy atom. The molecule has 8 rings (SSSR count). The SMILES string of the molecule is O=C1C2CC34CCCN5CC1C1(c6ccccc6NC21CC3)C54. The largest absolute Gasteiger partial charge is 0.378 e. The second-order valence-electron chi connectivity index (χ2n) is 9.09. The van der Waals surface area contributed by atoms with Crippen molar-refractivity contribution < 1.29 is 4.79 Å². The van der Waals surface area contributed by atoms with Crippen LogP contribution in [0.25, 0.3) is 0 Å². The first-order chi connectivity index (χ1) is 11.2. The topological polar surface area (TPSA) is 32.3 Å². The summed E-state index contributed by atoms with van der Waals surface area (Å²) in [6.45, 7) is 2.24. The van der Waals surface area contributed by atoms with Gasteiger partial charge in [0, 0.05) is 35.5 Å². The summed E-state index contributed by atoms with van der Waals surface area (Å²) in [4.78, 5) is 16.1. The lowest BCUT2D eigenvalue weighted by atomic mass is 9.41. The van der Waals surface area contributed by atoms with Crippen LogP contribution in [0.1, 0.15) is 37.7 Å². The van der Waals surface area contributed by atoms with Gasteiger partial charge >= 0.3 is 0 Å². The summed E-state index contributed by atoms with van der Waals surface area (Å²) in [6.07, 6.45) is 6.38. The molecule has 1 N–H and O–H groups in total. The van der Waals surface area contributed by atoms with Crippen LogP contribution in [0, 0.1) is 17.3 Å². The van der Waals surface area contributed by atoms with Crippen LogP contribution in [0.4, 0.5) is 5.69 Å². The van der Waals surface area contributed by atoms with Crippen LogP contribution in [0.15, 0.2) is 24.3 Å². The molecule has 1 aromatic rings. The van der Waals surface area contributed by atoms with Crippen molar-refractivity contribution in [3.8, 4) is 0 Å². The number of para-hydroxylation sites is 1. The molecule has 23 heavy (non-hydrogen) atoms. The average molecular weight is 306 g/mol. The Kier molecular flexibility index (Phi) is 1.70. The van der Waals surface area contributed by atoms with Gasteiger partial charge < -0.3 is 5.32 Å². The van der Waals surface area contributed by atoms with Crippen LogP contribution in [0.5, 0.6) is 0 Å². The lowest BCUT2D eigenvalue weighted by Crippen LogP contribution is -2.74. The van der Waals surface area contributed by atoms with Crippen LogP contribution in [-0.2, 0) is 10.2 Å². The van der Waals surface area contributed by atoms with E-state index in [4.69, 9.17) is 0 Å². The smallest absolute Gasteiger partial charge is 0.143 e. The predicted octanol–water partition coefficient (Wildman–Crippen LogP) is 2.57. The molecule has 4 saturated carbocycles. The van der Waals surface area contributed by atoms with Crippen molar-refractivity contribution >= 4 is 11.5 Å². The maximum absolute atomic E-state index is 13.4. The summed E-state index contributed by atoms with van der Waals surface area (Å²) < 4.78 is 0. The molecular weight excluding hydrogens is 284 g/mol. The Hall–Kier alpha value is -1.35. The first-order valence-corrected chi connectivity index (χ1v) is 9.38. The molecule has 0 amide bonds. The molecule has 4 aliphatic carbocycles. The molecule has 0 aromatic heterocycles. The minimum absolute atomic E-state index is 0.0386. The number of hydrogen-bond donors (Lipinski definition) is 1. The van der Waals surface area contributed by atoms with Crippen LogP contribution < -0.4 is 5.32 Å². The number of anilines is 1. The highest BCUT2D eigenvalue weighted by Crippen LogP contribution is 2.79. The van der Waals surface area contributed by atoms with Crippen molar-refractivity contribution in [3.63, 3.8) is 0 Å². The molecule has 2 saturated heterocycles. The van der Waals surface area contributed by atoms with Gasteiger partial charge in [0.25, 0.3) is 0 Å². The number of ketones is 1. The van der Waals surface area contributed by atoms with Crippen molar-refractivity contribution in [1.29, 1.82) is 0 Å². The van der Waals surface area contributed by atoms with Gasteiger partial charge in [0.2, 0.25) is 0 Å². The van der Waals surface area contributed by atoms with E-state index in [0.717, 1.165) is 13.0 Å². The highest BCUT2D eigenvalue weighted by molar-refractivity contribution is 5.96. The van der Waals surface area contributed by atoms with E-state index in [9.17, 15) is 4.79 Å². The molecule has 3 nitrogen and oxygen atoms in total. The van der Waals surface area contributed by atoms with E-state index in [1.165, 1.54) is 43.5 Å². The summed E-state index contributed by atoms with van der Waals surface area (Å²) in [7, 11) is 0. The third-order valence-corrected chi connectivity index (χ3v) is 8.84. The van der Waals surface area contributed by atoms with E-state index in [2.05, 4.69) is 34.5 Å². The first kappa shape index (κ1) is 12.1. The number of fused-ring (bicyclic) bond motifs is 2. The molecule has 3 heteroatoms. The zero-order chi connectivity index (χ0) is 15.0. The minimum Gasteiger partial charge on any atom is -0.378 e. The van der Waals surface area contributed by atoms with E-state index < -0.39 is 0 Å². The number of carbonyl (C=O) groups excluding carboxylic acids is 1. The Morgan fingerprint density at radius 2 is 2.04 bits per heavy atom. The molecule has 6 fully saturated rings. The third kappa shape index (κ3) is 0.914. The zero-order valence-corrected chi connectivity index (χ0v) is 13.3. The number of rotatable bonds is 0. The second kappa shape index (κ2) is 3.23. The Labute approximate surface area is 136 Å². The van der Waals surface area contributed by atoms with Gasteiger partial charge in [0.1, 0.15) is 5.78 Å². The molecule has 3 heterocycles. The van der Waals surface area contributed by atoms with Crippen LogP contribution >= 0.6 is 0 Å². The lowest BCUT2D eigenvalue weighted by Gasteiger charge is -2.67. The van der Waals surface area contributed by atoms with Gasteiger partial charge in [-0.1, -0.05) is 18.2 Å². The minimum atomic E-state index is 0.0386. The number of hydrogen-bond acceptors (Lipinski definition) is 3. The van der Waals surface area contributed by atoms with Crippen molar-refractivity contribution in [2.24, 2.45) is 17.3 Å². The van der Waals surface area contributed by atoms with E-state index in [0.29, 0.717) is 17.2 Å². The quantitative estimate of drug-likeness (QED) is 0.799. The maximum atomic E-state index is 13.4. The lowest BCUT2D eigenvalue weighted by molar-refractivity contribution is -0.136. The maximum Gasteiger partial charge on any atom is 0.143 e. The van der Waals surface area contributed by atoms with E-state index >= 15 is 0 Å². The molecule has 3 aliphatic heterocycles. The van der Waals surface area contributed by atoms with Crippen molar-refractivity contribution in [2.45, 2.75) is 49.1 Å². The Bertz CT molecular complexity index is 790. The van der Waals surface area contributed by atoms with Gasteiger partial charge in [-0.15, -0.1) is 0 Å². The molecule has 3 spiro atoms. The number of nitrogens with one attached hydrogen (secondary N) is 1. The summed E-state index contributed by atoms with van der Waals surface area (Å²) >= 11 is 0. The predicted molar refractivity (Wildman–Crippen MR) is 87.3 cm³/mol. The van der Waals surface area contributed by atoms with Crippen molar-refractivity contribution in [2.75, 3.05) is 18.4 Å². The van der Waals surface area contributed by atoms with Crippen molar-refractivity contribution in [1.82, 2.24) is 4.90 Å². The third-order valence-electron chi connectivity index (χ3n) is 8.84. The monoisotopic (exact) mass is 306 g/mol. The number of carbonyl (C=O) groups is 1. The number of benzene rings is 1. The molecule has 7 aliphatic rings. The van der Waals surface area contributed by atoms with Gasteiger partial charge in [-0.05, 0) is 55.7 Å². The van der Waals surface area contributed by atoms with Gasteiger partial charge in [-0.3, -0.25) is 9.69 Å². The molecule has 0 radical (unpaired) electrons. The highest BCUT2D eigenvalue weighted by atomic mass is 16.1. The molecule has 118 valence electrons. The number of Topliss-reactive ketones (excluding diaryl/α,β-unsaturated/α-hetero) is 1. The van der Waals surface area contributed by atoms with Gasteiger partial charge in [-0.2, -0.15) is 0 Å². The van der Waals surface area contributed by atoms with Crippen LogP contribution in [0.2, 0.25) is 0 Å². The normalized spacial score (nSPS) is 54.1. The highest BCUT2D eigenvalue weighted by Gasteiger charge is 2.86. The van der Waals surface area contributed by atoms with E-state index in [-0.39, 0.29) is 22.8 Å². The number of piperidine rings is 1. The van der Waals surface area contributed by atoms with Crippen molar-refractivity contribution in [3.05, 3.63) is 29.8 Å². The van der Waals surface area contributed by atoms with Crippen LogP contribution in [-0.4, -0.2) is 35.4 Å². The molecule has 6 unspecified atom stereocenters. The molecule has 1 aromatic carbocycles. The number of nitrogens with zero attached hydrogens (tertiary/aromatic N) is 1. The fourth-order valence-corrected chi connectivity index (χ4v) is 8.57. The van der Waals surface area contributed by atoms with Gasteiger partial charge in [-0.25, -0.2) is 0 Å². The Balaban J connectivity index is 1.64. The van der Waals surface area contributed by atoms with E-state index in [1.807, 2.05) is 0 Å². The summed E-state index contributed by atoms with van der Waals surface area (Å²) in [5, 5.41) is 3.96. The summed E-state index contributed by atoms with van der Waals surface area (Å²) in [5.41, 5.74) is 3.36. The molecular formula is C20H22N2O. The zero-order valence-electron chi connectivity index (χ0n) is 13.3.